The van der Waals surface area contributed by atoms with E-state index in [1.54, 1.807) is 12.1 Å². The molecule has 0 aliphatic heterocycles. The molecule has 0 saturated heterocycles. The molecule has 0 fully saturated rings. The van der Waals surface area contributed by atoms with Crippen molar-refractivity contribution in [1.29, 1.82) is 0 Å². The molecule has 0 unspecified atom stereocenters. The Balaban J connectivity index is 1.73. The molecular weight excluding hydrogens is 321 g/mol. The van der Waals surface area contributed by atoms with Gasteiger partial charge in [0.05, 0.1) is 0 Å². The zero-order valence-corrected chi connectivity index (χ0v) is 12.9. The van der Waals surface area contributed by atoms with Crippen molar-refractivity contribution in [3.05, 3.63) is 78.9 Å². The second-order valence-electron chi connectivity index (χ2n) is 5.02. The Morgan fingerprint density at radius 2 is 1.65 bits per heavy atom. The maximum absolute atomic E-state index is 12.3. The number of nitrogens with zero attached hydrogens (tertiary/aromatic N) is 2. The maximum Gasteiger partial charge on any atom is 0.446 e. The van der Waals surface area contributed by atoms with E-state index in [0.717, 1.165) is 12.2 Å². The number of benzene rings is 2. The van der Waals surface area contributed by atoms with Crippen LogP contribution in [-0.2, 0) is 6.54 Å². The van der Waals surface area contributed by atoms with Crippen molar-refractivity contribution in [2.24, 2.45) is 0 Å². The lowest BCUT2D eigenvalue weighted by atomic mass is 10.2. The lowest BCUT2D eigenvalue weighted by Crippen LogP contribution is -2.31. The van der Waals surface area contributed by atoms with Gasteiger partial charge in [0.2, 0.25) is 6.33 Å². The number of imidazole rings is 1. The van der Waals surface area contributed by atoms with Gasteiger partial charge in [0.25, 0.3) is 0 Å². The van der Waals surface area contributed by atoms with Gasteiger partial charge < -0.3 is 0 Å². The Morgan fingerprint density at radius 3 is 2.30 bits per heavy atom. The quantitative estimate of drug-likeness (QED) is 0.506. The molecule has 1 aromatic heterocycles. The SMILES string of the molecule is FC(F)(F)Sc1ccc(-n2cc[n+](Cc3ccccc3)c2)cc1. The van der Waals surface area contributed by atoms with Crippen LogP contribution in [-0.4, -0.2) is 10.1 Å². The first-order chi connectivity index (χ1) is 11.0. The first-order valence-corrected chi connectivity index (χ1v) is 7.78. The molecule has 0 radical (unpaired) electrons. The Bertz CT molecular complexity index is 765. The minimum atomic E-state index is -4.26. The summed E-state index contributed by atoms with van der Waals surface area (Å²) in [6.07, 6.45) is 5.74. The number of hydrogen-bond donors (Lipinski definition) is 0. The molecule has 2 aromatic carbocycles. The van der Waals surface area contributed by atoms with Crippen LogP contribution in [0.4, 0.5) is 13.2 Å². The summed E-state index contributed by atoms with van der Waals surface area (Å²) in [5.41, 5.74) is -2.25. The molecule has 0 spiro atoms. The molecule has 3 rings (SSSR count). The van der Waals surface area contributed by atoms with Gasteiger partial charge in [0.15, 0.2) is 0 Å². The van der Waals surface area contributed by atoms with Gasteiger partial charge in [-0.25, -0.2) is 9.13 Å². The molecule has 23 heavy (non-hydrogen) atoms. The van der Waals surface area contributed by atoms with Crippen molar-refractivity contribution in [2.75, 3.05) is 0 Å². The van der Waals surface area contributed by atoms with Gasteiger partial charge in [-0.05, 0) is 41.6 Å². The normalized spacial score (nSPS) is 11.6. The average Bonchev–Trinajstić information content (AvgIpc) is 2.96. The van der Waals surface area contributed by atoms with Crippen molar-refractivity contribution in [3.8, 4) is 5.69 Å². The molecule has 0 N–H and O–H groups in total. The summed E-state index contributed by atoms with van der Waals surface area (Å²) in [5, 5.41) is 0. The highest BCUT2D eigenvalue weighted by molar-refractivity contribution is 8.00. The summed E-state index contributed by atoms with van der Waals surface area (Å²) < 4.78 is 40.9. The Kier molecular flexibility index (Phi) is 4.43. The highest BCUT2D eigenvalue weighted by atomic mass is 32.2. The minimum absolute atomic E-state index is 0.103. The Labute approximate surface area is 136 Å². The molecule has 3 aromatic rings. The molecule has 0 atom stereocenters. The van der Waals surface area contributed by atoms with E-state index in [1.165, 1.54) is 17.7 Å². The van der Waals surface area contributed by atoms with Crippen LogP contribution in [0.3, 0.4) is 0 Å². The predicted octanol–water partition coefficient (Wildman–Crippen LogP) is 4.43. The fraction of sp³-hybridized carbons (Fsp3) is 0.118. The summed E-state index contributed by atoms with van der Waals surface area (Å²) in [6, 6.07) is 16.4. The molecule has 6 heteroatoms. The van der Waals surface area contributed by atoms with Crippen LogP contribution in [0.1, 0.15) is 5.56 Å². The van der Waals surface area contributed by atoms with E-state index in [9.17, 15) is 13.2 Å². The number of rotatable bonds is 4. The number of alkyl halides is 3. The third kappa shape index (κ3) is 4.39. The van der Waals surface area contributed by atoms with Gasteiger partial charge in [-0.15, -0.1) is 0 Å². The topological polar surface area (TPSA) is 8.81 Å². The van der Waals surface area contributed by atoms with Crippen molar-refractivity contribution < 1.29 is 17.7 Å². The summed E-state index contributed by atoms with van der Waals surface area (Å²) in [4.78, 5) is 0.186. The molecule has 0 aliphatic carbocycles. The van der Waals surface area contributed by atoms with E-state index in [-0.39, 0.29) is 16.7 Å². The van der Waals surface area contributed by atoms with Gasteiger partial charge in [-0.1, -0.05) is 30.3 Å². The third-order valence-corrected chi connectivity index (χ3v) is 4.01. The van der Waals surface area contributed by atoms with Gasteiger partial charge >= 0.3 is 5.51 Å². The van der Waals surface area contributed by atoms with Crippen LogP contribution in [0.5, 0.6) is 0 Å². The second-order valence-corrected chi connectivity index (χ2v) is 6.16. The van der Waals surface area contributed by atoms with E-state index in [0.29, 0.717) is 0 Å². The van der Waals surface area contributed by atoms with Crippen LogP contribution in [0.2, 0.25) is 0 Å². The summed E-state index contributed by atoms with van der Waals surface area (Å²) in [7, 11) is 0. The zero-order valence-electron chi connectivity index (χ0n) is 12.1. The van der Waals surface area contributed by atoms with Gasteiger partial charge in [0.1, 0.15) is 24.6 Å². The van der Waals surface area contributed by atoms with Crippen LogP contribution in [0.25, 0.3) is 5.69 Å². The van der Waals surface area contributed by atoms with Crippen molar-refractivity contribution in [2.45, 2.75) is 16.9 Å². The smallest absolute Gasteiger partial charge is 0.232 e. The van der Waals surface area contributed by atoms with Crippen LogP contribution < -0.4 is 4.57 Å². The number of thioether (sulfide) groups is 1. The first kappa shape index (κ1) is 15.7. The van der Waals surface area contributed by atoms with Gasteiger partial charge in [-0.2, -0.15) is 13.2 Å². The molecule has 0 amide bonds. The first-order valence-electron chi connectivity index (χ1n) is 6.97. The van der Waals surface area contributed by atoms with E-state index < -0.39 is 5.51 Å². The van der Waals surface area contributed by atoms with E-state index >= 15 is 0 Å². The minimum Gasteiger partial charge on any atom is -0.232 e. The molecule has 0 bridgehead atoms. The molecular formula is C17H14F3N2S+. The lowest BCUT2D eigenvalue weighted by Gasteiger charge is -2.05. The maximum atomic E-state index is 12.3. The van der Waals surface area contributed by atoms with Gasteiger partial charge in [-0.3, -0.25) is 0 Å². The van der Waals surface area contributed by atoms with Crippen LogP contribution in [0.15, 0.2) is 78.2 Å². The molecule has 0 aliphatic rings. The number of halogens is 3. The fourth-order valence-corrected chi connectivity index (χ4v) is 2.79. The van der Waals surface area contributed by atoms with Crippen LogP contribution >= 0.6 is 11.8 Å². The molecule has 118 valence electrons. The van der Waals surface area contributed by atoms with E-state index in [2.05, 4.69) is 0 Å². The standard InChI is InChI=1S/C17H14F3N2S/c18-17(19,20)23-16-8-6-15(7-9-16)22-11-10-21(13-22)12-14-4-2-1-3-5-14/h1-11,13H,12H2/q+1. The van der Waals surface area contributed by atoms with Crippen molar-refractivity contribution >= 4 is 11.8 Å². The lowest BCUT2D eigenvalue weighted by molar-refractivity contribution is -0.687. The van der Waals surface area contributed by atoms with Gasteiger partial charge in [0, 0.05) is 4.90 Å². The number of aromatic nitrogens is 2. The molecule has 1 heterocycles. The Hall–Kier alpha value is -2.21. The molecule has 0 saturated carbocycles. The van der Waals surface area contributed by atoms with Crippen LogP contribution in [0, 0.1) is 0 Å². The molecule has 2 nitrogen and oxygen atoms in total. The highest BCUT2D eigenvalue weighted by Gasteiger charge is 2.29. The van der Waals surface area contributed by atoms with Crippen molar-refractivity contribution in [3.63, 3.8) is 0 Å². The Morgan fingerprint density at radius 1 is 0.957 bits per heavy atom. The van der Waals surface area contributed by atoms with E-state index in [4.69, 9.17) is 0 Å². The second kappa shape index (κ2) is 6.50. The largest absolute Gasteiger partial charge is 0.446 e. The fourth-order valence-electron chi connectivity index (χ4n) is 2.25. The summed E-state index contributed by atoms with van der Waals surface area (Å²) >= 11 is -0.103. The average molecular weight is 335 g/mol. The zero-order chi connectivity index (χ0) is 16.3. The van der Waals surface area contributed by atoms with E-state index in [1.807, 2.05) is 58.2 Å². The monoisotopic (exact) mass is 335 g/mol. The summed E-state index contributed by atoms with van der Waals surface area (Å²) in [6.45, 7) is 0.746. The predicted molar refractivity (Wildman–Crippen MR) is 83.4 cm³/mol. The highest BCUT2D eigenvalue weighted by Crippen LogP contribution is 2.36. The summed E-state index contributed by atoms with van der Waals surface area (Å²) in [5.74, 6) is 0. The number of hydrogen-bond acceptors (Lipinski definition) is 1. The third-order valence-electron chi connectivity index (χ3n) is 3.27. The van der Waals surface area contributed by atoms with Crippen molar-refractivity contribution in [1.82, 2.24) is 4.57 Å².